The SMILES string of the molecule is CCCOc1ccc(C(NN)C2OCCC2C)cc1. The summed E-state index contributed by atoms with van der Waals surface area (Å²) in [6.45, 7) is 5.88. The van der Waals surface area contributed by atoms with E-state index in [1.807, 2.05) is 12.1 Å². The van der Waals surface area contributed by atoms with Crippen molar-refractivity contribution in [3.8, 4) is 5.75 Å². The first-order chi connectivity index (χ1) is 9.26. The Morgan fingerprint density at radius 1 is 1.42 bits per heavy atom. The monoisotopic (exact) mass is 264 g/mol. The van der Waals surface area contributed by atoms with Gasteiger partial charge in [-0.05, 0) is 36.5 Å². The second-order valence-corrected chi connectivity index (χ2v) is 5.16. The van der Waals surface area contributed by atoms with Crippen molar-refractivity contribution in [2.24, 2.45) is 11.8 Å². The first-order valence-corrected chi connectivity index (χ1v) is 7.06. The number of nitrogens with two attached hydrogens (primary N) is 1. The molecule has 1 aliphatic heterocycles. The van der Waals surface area contributed by atoms with Crippen LogP contribution in [0.5, 0.6) is 5.75 Å². The lowest BCUT2D eigenvalue weighted by Gasteiger charge is -2.26. The smallest absolute Gasteiger partial charge is 0.119 e. The minimum Gasteiger partial charge on any atom is -0.494 e. The van der Waals surface area contributed by atoms with Gasteiger partial charge in [-0.2, -0.15) is 0 Å². The van der Waals surface area contributed by atoms with E-state index < -0.39 is 0 Å². The van der Waals surface area contributed by atoms with Gasteiger partial charge in [0.1, 0.15) is 5.75 Å². The minimum atomic E-state index is 0.0396. The molecule has 1 saturated heterocycles. The highest BCUT2D eigenvalue weighted by Crippen LogP contribution is 2.31. The molecule has 2 rings (SSSR count). The molecule has 19 heavy (non-hydrogen) atoms. The van der Waals surface area contributed by atoms with Crippen LogP contribution in [-0.2, 0) is 4.74 Å². The largest absolute Gasteiger partial charge is 0.494 e. The van der Waals surface area contributed by atoms with E-state index in [1.54, 1.807) is 0 Å². The number of hydrogen-bond acceptors (Lipinski definition) is 4. The average molecular weight is 264 g/mol. The van der Waals surface area contributed by atoms with E-state index in [9.17, 15) is 0 Å². The molecule has 0 aromatic heterocycles. The van der Waals surface area contributed by atoms with Crippen molar-refractivity contribution in [3.63, 3.8) is 0 Å². The molecule has 3 N–H and O–H groups in total. The normalized spacial score (nSPS) is 24.4. The van der Waals surface area contributed by atoms with Gasteiger partial charge in [-0.3, -0.25) is 11.3 Å². The zero-order valence-electron chi connectivity index (χ0n) is 11.8. The summed E-state index contributed by atoms with van der Waals surface area (Å²) in [5.41, 5.74) is 4.03. The number of ether oxygens (including phenoxy) is 2. The number of nitrogens with one attached hydrogen (secondary N) is 1. The second kappa shape index (κ2) is 6.89. The summed E-state index contributed by atoms with van der Waals surface area (Å²) in [5, 5.41) is 0. The van der Waals surface area contributed by atoms with Gasteiger partial charge in [0.15, 0.2) is 0 Å². The second-order valence-electron chi connectivity index (χ2n) is 5.16. The van der Waals surface area contributed by atoms with Crippen molar-refractivity contribution >= 4 is 0 Å². The molecule has 0 spiro atoms. The van der Waals surface area contributed by atoms with Gasteiger partial charge in [0.25, 0.3) is 0 Å². The summed E-state index contributed by atoms with van der Waals surface area (Å²) in [4.78, 5) is 0. The molecule has 0 saturated carbocycles. The molecule has 1 fully saturated rings. The Morgan fingerprint density at radius 3 is 2.68 bits per heavy atom. The maximum absolute atomic E-state index is 5.79. The van der Waals surface area contributed by atoms with Gasteiger partial charge in [-0.25, -0.2) is 0 Å². The molecule has 0 aliphatic carbocycles. The average Bonchev–Trinajstić information content (AvgIpc) is 2.85. The summed E-state index contributed by atoms with van der Waals surface area (Å²) < 4.78 is 11.4. The quantitative estimate of drug-likeness (QED) is 0.612. The van der Waals surface area contributed by atoms with E-state index >= 15 is 0 Å². The summed E-state index contributed by atoms with van der Waals surface area (Å²) in [7, 11) is 0. The summed E-state index contributed by atoms with van der Waals surface area (Å²) in [6, 6.07) is 8.15. The molecular formula is C15H24N2O2. The Balaban J connectivity index is 2.06. The molecule has 3 atom stereocenters. The Hall–Kier alpha value is -1.10. The lowest BCUT2D eigenvalue weighted by molar-refractivity contribution is 0.0607. The first-order valence-electron chi connectivity index (χ1n) is 7.06. The van der Waals surface area contributed by atoms with Crippen LogP contribution in [0, 0.1) is 5.92 Å². The van der Waals surface area contributed by atoms with E-state index in [0.717, 1.165) is 37.4 Å². The zero-order valence-corrected chi connectivity index (χ0v) is 11.8. The standard InChI is InChI=1S/C15H24N2O2/c1-3-9-18-13-6-4-12(5-7-13)14(17-16)15-11(2)8-10-19-15/h4-7,11,14-15,17H,3,8-10,16H2,1-2H3. The van der Waals surface area contributed by atoms with Crippen LogP contribution in [0.1, 0.15) is 38.3 Å². The third kappa shape index (κ3) is 3.47. The van der Waals surface area contributed by atoms with E-state index in [4.69, 9.17) is 15.3 Å². The predicted molar refractivity (Wildman–Crippen MR) is 75.8 cm³/mol. The third-order valence-electron chi connectivity index (χ3n) is 3.66. The minimum absolute atomic E-state index is 0.0396. The van der Waals surface area contributed by atoms with Gasteiger partial charge in [0, 0.05) is 6.61 Å². The molecule has 4 nitrogen and oxygen atoms in total. The fraction of sp³-hybridized carbons (Fsp3) is 0.600. The van der Waals surface area contributed by atoms with Gasteiger partial charge >= 0.3 is 0 Å². The number of hydrogen-bond donors (Lipinski definition) is 2. The lowest BCUT2D eigenvalue weighted by Crippen LogP contribution is -2.38. The van der Waals surface area contributed by atoms with Crippen molar-refractivity contribution < 1.29 is 9.47 Å². The zero-order chi connectivity index (χ0) is 13.7. The van der Waals surface area contributed by atoms with Gasteiger partial charge < -0.3 is 9.47 Å². The molecule has 1 aromatic carbocycles. The summed E-state index contributed by atoms with van der Waals surface area (Å²) in [5.74, 6) is 7.13. The van der Waals surface area contributed by atoms with Crippen molar-refractivity contribution in [2.45, 2.75) is 38.8 Å². The predicted octanol–water partition coefficient (Wildman–Crippen LogP) is 2.40. The van der Waals surface area contributed by atoms with Crippen LogP contribution in [-0.4, -0.2) is 19.3 Å². The van der Waals surface area contributed by atoms with Crippen molar-refractivity contribution in [2.75, 3.05) is 13.2 Å². The maximum Gasteiger partial charge on any atom is 0.119 e. The lowest BCUT2D eigenvalue weighted by atomic mass is 9.93. The Morgan fingerprint density at radius 2 is 2.16 bits per heavy atom. The van der Waals surface area contributed by atoms with E-state index in [2.05, 4.69) is 31.4 Å². The fourth-order valence-corrected chi connectivity index (χ4v) is 2.52. The van der Waals surface area contributed by atoms with E-state index in [-0.39, 0.29) is 12.1 Å². The molecule has 3 unspecified atom stereocenters. The van der Waals surface area contributed by atoms with Crippen LogP contribution in [0.3, 0.4) is 0 Å². The van der Waals surface area contributed by atoms with Gasteiger partial charge in [0.05, 0.1) is 18.8 Å². The highest BCUT2D eigenvalue weighted by Gasteiger charge is 2.32. The fourth-order valence-electron chi connectivity index (χ4n) is 2.52. The van der Waals surface area contributed by atoms with Crippen molar-refractivity contribution in [1.29, 1.82) is 0 Å². The van der Waals surface area contributed by atoms with Crippen molar-refractivity contribution in [1.82, 2.24) is 5.43 Å². The molecule has 1 aliphatic rings. The summed E-state index contributed by atoms with van der Waals surface area (Å²) >= 11 is 0. The Labute approximate surface area is 115 Å². The molecule has 1 aromatic rings. The van der Waals surface area contributed by atoms with Crippen LogP contribution in [0.25, 0.3) is 0 Å². The van der Waals surface area contributed by atoms with Gasteiger partial charge in [0.2, 0.25) is 0 Å². The van der Waals surface area contributed by atoms with Gasteiger partial charge in [-0.1, -0.05) is 26.0 Å². The highest BCUT2D eigenvalue weighted by molar-refractivity contribution is 5.30. The highest BCUT2D eigenvalue weighted by atomic mass is 16.5. The molecule has 0 radical (unpaired) electrons. The number of benzene rings is 1. The van der Waals surface area contributed by atoms with Crippen molar-refractivity contribution in [3.05, 3.63) is 29.8 Å². The number of hydrazine groups is 1. The molecule has 106 valence electrons. The van der Waals surface area contributed by atoms with Crippen LogP contribution >= 0.6 is 0 Å². The van der Waals surface area contributed by atoms with Crippen LogP contribution in [0.4, 0.5) is 0 Å². The van der Waals surface area contributed by atoms with Crippen LogP contribution < -0.4 is 16.0 Å². The topological polar surface area (TPSA) is 56.5 Å². The summed E-state index contributed by atoms with van der Waals surface area (Å²) in [6.07, 6.45) is 2.26. The molecule has 0 amide bonds. The maximum atomic E-state index is 5.79. The van der Waals surface area contributed by atoms with E-state index in [0.29, 0.717) is 5.92 Å². The Kier molecular flexibility index (Phi) is 5.19. The number of rotatable bonds is 6. The first kappa shape index (κ1) is 14.3. The van der Waals surface area contributed by atoms with E-state index in [1.165, 1.54) is 0 Å². The molecule has 1 heterocycles. The van der Waals surface area contributed by atoms with Crippen LogP contribution in [0.15, 0.2) is 24.3 Å². The Bertz CT molecular complexity index is 380. The van der Waals surface area contributed by atoms with Gasteiger partial charge in [-0.15, -0.1) is 0 Å². The molecule has 0 bridgehead atoms. The third-order valence-corrected chi connectivity index (χ3v) is 3.66. The van der Waals surface area contributed by atoms with Crippen LogP contribution in [0.2, 0.25) is 0 Å². The molecular weight excluding hydrogens is 240 g/mol. The molecule has 4 heteroatoms.